The summed E-state index contributed by atoms with van der Waals surface area (Å²) in [5.41, 5.74) is 13.0. The van der Waals surface area contributed by atoms with E-state index in [1.807, 2.05) is 36.4 Å². The van der Waals surface area contributed by atoms with Crippen molar-refractivity contribution in [3.63, 3.8) is 0 Å². The second-order valence-electron chi connectivity index (χ2n) is 14.5. The van der Waals surface area contributed by atoms with Gasteiger partial charge in [-0.15, -0.1) is 0 Å². The van der Waals surface area contributed by atoms with Gasteiger partial charge in [-0.3, -0.25) is 0 Å². The number of nitrogens with zero attached hydrogens (tertiary/aromatic N) is 1. The Kier molecular flexibility index (Phi) is 6.60. The zero-order chi connectivity index (χ0) is 36.7. The number of rotatable bonds is 5. The predicted molar refractivity (Wildman–Crippen MR) is 231 cm³/mol. The van der Waals surface area contributed by atoms with Gasteiger partial charge in [0.25, 0.3) is 0 Å². The lowest BCUT2D eigenvalue weighted by molar-refractivity contribution is 0.668. The maximum Gasteiger partial charge on any atom is 0.136 e. The topological polar surface area (TPSA) is 42.7 Å². The normalized spacial score (nSPS) is 11.9. The minimum Gasteiger partial charge on any atom is -0.456 e. The van der Waals surface area contributed by atoms with Crippen LogP contribution in [-0.2, 0) is 0 Å². The third kappa shape index (κ3) is 4.73. The molecule has 56 heavy (non-hydrogen) atoms. The minimum atomic E-state index is 0.863. The van der Waals surface area contributed by atoms with Crippen molar-refractivity contribution in [2.75, 3.05) is 4.90 Å². The molecular formula is C52H31NO3. The summed E-state index contributed by atoms with van der Waals surface area (Å²) < 4.78 is 18.8. The van der Waals surface area contributed by atoms with E-state index >= 15 is 0 Å². The second-order valence-corrected chi connectivity index (χ2v) is 14.5. The van der Waals surface area contributed by atoms with Crippen molar-refractivity contribution in [2.24, 2.45) is 0 Å². The van der Waals surface area contributed by atoms with Crippen LogP contribution < -0.4 is 4.90 Å². The second kappa shape index (κ2) is 12.0. The first kappa shape index (κ1) is 30.9. The van der Waals surface area contributed by atoms with Crippen LogP contribution >= 0.6 is 0 Å². The van der Waals surface area contributed by atoms with Crippen molar-refractivity contribution in [1.82, 2.24) is 0 Å². The van der Waals surface area contributed by atoms with Crippen molar-refractivity contribution in [2.45, 2.75) is 0 Å². The van der Waals surface area contributed by atoms with Crippen LogP contribution in [0.15, 0.2) is 201 Å². The maximum absolute atomic E-state index is 6.30. The molecule has 0 fully saturated rings. The third-order valence-electron chi connectivity index (χ3n) is 11.3. The molecule has 3 heterocycles. The number of fused-ring (bicyclic) bond motifs is 11. The summed E-state index contributed by atoms with van der Waals surface area (Å²) in [6.07, 6.45) is 0. The van der Waals surface area contributed by atoms with Gasteiger partial charge in [0.15, 0.2) is 0 Å². The summed E-state index contributed by atoms with van der Waals surface area (Å²) in [5.74, 6) is 0. The average Bonchev–Trinajstić information content (AvgIpc) is 3.95. The number of hydrogen-bond acceptors (Lipinski definition) is 4. The first-order chi connectivity index (χ1) is 27.7. The fourth-order valence-electron chi connectivity index (χ4n) is 8.64. The maximum atomic E-state index is 6.30. The van der Waals surface area contributed by atoms with E-state index in [4.69, 9.17) is 13.3 Å². The van der Waals surface area contributed by atoms with Crippen LogP contribution in [0, 0.1) is 0 Å². The van der Waals surface area contributed by atoms with E-state index in [0.29, 0.717) is 0 Å². The zero-order valence-electron chi connectivity index (χ0n) is 30.1. The van der Waals surface area contributed by atoms with Crippen molar-refractivity contribution >= 4 is 93.7 Å². The molecule has 0 N–H and O–H groups in total. The van der Waals surface area contributed by atoms with Gasteiger partial charge in [-0.25, -0.2) is 0 Å². The molecule has 4 nitrogen and oxygen atoms in total. The molecule has 0 amide bonds. The summed E-state index contributed by atoms with van der Waals surface area (Å²) in [7, 11) is 0. The molecule has 4 heteroatoms. The molecule has 0 saturated heterocycles. The van der Waals surface area contributed by atoms with Crippen LogP contribution in [0.5, 0.6) is 0 Å². The van der Waals surface area contributed by atoms with Crippen LogP contribution in [0.1, 0.15) is 0 Å². The van der Waals surface area contributed by atoms with Crippen LogP contribution in [0.25, 0.3) is 98.8 Å². The first-order valence-corrected chi connectivity index (χ1v) is 18.9. The lowest BCUT2D eigenvalue weighted by Gasteiger charge is -2.27. The lowest BCUT2D eigenvalue weighted by atomic mass is 9.91. The van der Waals surface area contributed by atoms with Gasteiger partial charge >= 0.3 is 0 Å². The molecule has 9 aromatic carbocycles. The van der Waals surface area contributed by atoms with Gasteiger partial charge in [0.05, 0.1) is 0 Å². The molecule has 0 unspecified atom stereocenters. The number of anilines is 3. The van der Waals surface area contributed by atoms with Gasteiger partial charge in [0.1, 0.15) is 33.5 Å². The standard InChI is InChI=1S/C52H31NO3/c1-2-10-32(11-3-1)42-29-35(21-24-38(42)34-19-18-33-20-25-51-52(43(33)28-34)41-14-6-9-17-48(41)56-51)53(36-22-26-49-44(30-36)39-12-4-7-15-46(39)54-49)37-23-27-50-45(31-37)40-13-5-8-16-47(40)55-50/h1-31H. The Labute approximate surface area is 321 Å². The van der Waals surface area contributed by atoms with E-state index in [1.165, 1.54) is 10.8 Å². The van der Waals surface area contributed by atoms with Crippen LogP contribution in [0.4, 0.5) is 17.1 Å². The fourth-order valence-corrected chi connectivity index (χ4v) is 8.64. The summed E-state index contributed by atoms with van der Waals surface area (Å²) in [6, 6.07) is 66.4. The van der Waals surface area contributed by atoms with E-state index < -0.39 is 0 Å². The largest absolute Gasteiger partial charge is 0.456 e. The van der Waals surface area contributed by atoms with E-state index in [2.05, 4.69) is 157 Å². The molecular weight excluding hydrogens is 687 g/mol. The Hall–Kier alpha value is -7.56. The SMILES string of the molecule is c1ccc(-c2cc(N(c3ccc4oc5ccccc5c4c3)c3ccc4oc5ccccc5c4c3)ccc2-c2ccc3ccc4oc5ccccc5c4c3c2)cc1. The third-order valence-corrected chi connectivity index (χ3v) is 11.3. The molecule has 12 aromatic rings. The Morgan fingerprint density at radius 2 is 0.786 bits per heavy atom. The number of benzene rings is 9. The van der Waals surface area contributed by atoms with Crippen molar-refractivity contribution in [3.8, 4) is 22.3 Å². The Morgan fingerprint density at radius 1 is 0.286 bits per heavy atom. The summed E-state index contributed by atoms with van der Waals surface area (Å²) in [4.78, 5) is 2.35. The lowest BCUT2D eigenvalue weighted by Crippen LogP contribution is -2.10. The zero-order valence-corrected chi connectivity index (χ0v) is 30.1. The van der Waals surface area contributed by atoms with Crippen molar-refractivity contribution in [3.05, 3.63) is 188 Å². The van der Waals surface area contributed by atoms with E-state index in [0.717, 1.165) is 105 Å². The van der Waals surface area contributed by atoms with E-state index in [1.54, 1.807) is 0 Å². The summed E-state index contributed by atoms with van der Waals surface area (Å²) in [5, 5.41) is 8.97. The molecule has 0 atom stereocenters. The monoisotopic (exact) mass is 717 g/mol. The molecule has 12 rings (SSSR count). The smallest absolute Gasteiger partial charge is 0.136 e. The first-order valence-electron chi connectivity index (χ1n) is 18.9. The van der Waals surface area contributed by atoms with Crippen LogP contribution in [0.3, 0.4) is 0 Å². The Balaban J connectivity index is 1.10. The highest BCUT2D eigenvalue weighted by atomic mass is 16.3. The van der Waals surface area contributed by atoms with Gasteiger partial charge in [-0.2, -0.15) is 0 Å². The van der Waals surface area contributed by atoms with Crippen molar-refractivity contribution in [1.29, 1.82) is 0 Å². The minimum absolute atomic E-state index is 0.863. The molecule has 0 spiro atoms. The molecule has 0 saturated carbocycles. The van der Waals surface area contributed by atoms with Crippen LogP contribution in [-0.4, -0.2) is 0 Å². The van der Waals surface area contributed by atoms with Crippen molar-refractivity contribution < 1.29 is 13.3 Å². The van der Waals surface area contributed by atoms with Gasteiger partial charge in [0, 0.05) is 49.4 Å². The Bertz CT molecular complexity index is 3380. The van der Waals surface area contributed by atoms with Gasteiger partial charge in [0.2, 0.25) is 0 Å². The number of para-hydroxylation sites is 3. The molecule has 0 aliphatic rings. The highest BCUT2D eigenvalue weighted by molar-refractivity contribution is 6.19. The highest BCUT2D eigenvalue weighted by Crippen LogP contribution is 2.45. The fraction of sp³-hybridized carbons (Fsp3) is 0. The average molecular weight is 718 g/mol. The highest BCUT2D eigenvalue weighted by Gasteiger charge is 2.20. The molecule has 262 valence electrons. The summed E-state index contributed by atoms with van der Waals surface area (Å²) in [6.45, 7) is 0. The van der Waals surface area contributed by atoms with E-state index in [9.17, 15) is 0 Å². The predicted octanol–water partition coefficient (Wildman–Crippen LogP) is 15.3. The van der Waals surface area contributed by atoms with E-state index in [-0.39, 0.29) is 0 Å². The molecule has 0 bridgehead atoms. The number of hydrogen-bond donors (Lipinski definition) is 0. The van der Waals surface area contributed by atoms with Gasteiger partial charge < -0.3 is 18.2 Å². The molecule has 0 aliphatic carbocycles. The Morgan fingerprint density at radius 3 is 1.46 bits per heavy atom. The number of furan rings is 3. The molecule has 0 radical (unpaired) electrons. The van der Waals surface area contributed by atoms with Gasteiger partial charge in [-0.1, -0.05) is 109 Å². The summed E-state index contributed by atoms with van der Waals surface area (Å²) >= 11 is 0. The molecule has 0 aliphatic heterocycles. The molecule has 3 aromatic heterocycles. The quantitative estimate of drug-likeness (QED) is 0.178. The van der Waals surface area contributed by atoms with Gasteiger partial charge in [-0.05, 0) is 112 Å². The van der Waals surface area contributed by atoms with Crippen LogP contribution in [0.2, 0.25) is 0 Å².